The van der Waals surface area contributed by atoms with Crippen LogP contribution in [0, 0.1) is 0 Å². The number of rotatable bonds is 7. The molecule has 8 heteroatoms. The molecule has 0 spiro atoms. The molecule has 0 radical (unpaired) electrons. The van der Waals surface area contributed by atoms with E-state index in [2.05, 4.69) is 10.1 Å². The number of methoxy groups -OCH3 is 2. The number of carbonyl (C=O) groups excluding carboxylic acids is 3. The third-order valence-corrected chi connectivity index (χ3v) is 3.62. The molecule has 2 rings (SSSR count). The van der Waals surface area contributed by atoms with Crippen molar-refractivity contribution in [3.63, 3.8) is 0 Å². The minimum absolute atomic E-state index is 0.0676. The van der Waals surface area contributed by atoms with Crippen molar-refractivity contribution >= 4 is 17.8 Å². The highest BCUT2D eigenvalue weighted by Crippen LogP contribution is 2.23. The number of ether oxygens (including phenoxy) is 3. The summed E-state index contributed by atoms with van der Waals surface area (Å²) < 4.78 is 14.4. The number of amides is 1. The Labute approximate surface area is 155 Å². The molecular formula is C19H19NO7. The summed E-state index contributed by atoms with van der Waals surface area (Å²) in [5.41, 5.74) is 1.10. The highest BCUT2D eigenvalue weighted by atomic mass is 16.5. The lowest BCUT2D eigenvalue weighted by molar-refractivity contribution is -0.124. The molecule has 2 N–H and O–H groups in total. The number of benzene rings is 2. The number of nitrogens with one attached hydrogen (secondary N) is 1. The largest absolute Gasteiger partial charge is 0.507 e. The van der Waals surface area contributed by atoms with Gasteiger partial charge in [-0.1, -0.05) is 12.1 Å². The fourth-order valence-corrected chi connectivity index (χ4v) is 2.15. The minimum atomic E-state index is -0.826. The summed E-state index contributed by atoms with van der Waals surface area (Å²) in [6, 6.07) is 10.6. The number of carbonyl (C=O) groups is 3. The predicted molar refractivity (Wildman–Crippen MR) is 94.6 cm³/mol. The van der Waals surface area contributed by atoms with Crippen molar-refractivity contribution in [2.24, 2.45) is 0 Å². The number of aromatic hydroxyl groups is 1. The Bertz CT molecular complexity index is 830. The Morgan fingerprint density at radius 2 is 1.70 bits per heavy atom. The summed E-state index contributed by atoms with van der Waals surface area (Å²) >= 11 is 0. The van der Waals surface area contributed by atoms with Gasteiger partial charge in [-0.05, 0) is 29.8 Å². The maximum Gasteiger partial charge on any atom is 0.342 e. The van der Waals surface area contributed by atoms with E-state index in [4.69, 9.17) is 9.47 Å². The molecule has 2 aromatic carbocycles. The number of esters is 2. The van der Waals surface area contributed by atoms with Crippen LogP contribution in [0.2, 0.25) is 0 Å². The SMILES string of the molecule is COC(=O)c1ccc(CNC(=O)COC(=O)c2ccc(OC)cc2O)cc1. The van der Waals surface area contributed by atoms with Crippen LogP contribution in [0.1, 0.15) is 26.3 Å². The minimum Gasteiger partial charge on any atom is -0.507 e. The molecule has 27 heavy (non-hydrogen) atoms. The van der Waals surface area contributed by atoms with E-state index in [1.54, 1.807) is 24.3 Å². The molecule has 0 fully saturated rings. The Morgan fingerprint density at radius 3 is 2.30 bits per heavy atom. The second kappa shape index (κ2) is 9.23. The van der Waals surface area contributed by atoms with Gasteiger partial charge in [-0.2, -0.15) is 0 Å². The van der Waals surface area contributed by atoms with E-state index in [1.807, 2.05) is 0 Å². The van der Waals surface area contributed by atoms with E-state index >= 15 is 0 Å². The molecule has 0 unspecified atom stereocenters. The lowest BCUT2D eigenvalue weighted by atomic mass is 10.1. The maximum atomic E-state index is 11.9. The van der Waals surface area contributed by atoms with Gasteiger partial charge in [-0.15, -0.1) is 0 Å². The standard InChI is InChI=1S/C19H19NO7/c1-25-14-7-8-15(16(21)9-14)19(24)27-11-17(22)20-10-12-3-5-13(6-4-12)18(23)26-2/h3-9,21H,10-11H2,1-2H3,(H,20,22). The third kappa shape index (κ3) is 5.46. The van der Waals surface area contributed by atoms with Crippen LogP contribution in [0.3, 0.4) is 0 Å². The van der Waals surface area contributed by atoms with E-state index < -0.39 is 24.5 Å². The highest BCUT2D eigenvalue weighted by molar-refractivity contribution is 5.94. The molecule has 0 aliphatic heterocycles. The Balaban J connectivity index is 1.82. The van der Waals surface area contributed by atoms with Crippen molar-refractivity contribution in [1.29, 1.82) is 0 Å². The van der Waals surface area contributed by atoms with Crippen LogP contribution in [0.4, 0.5) is 0 Å². The second-order valence-corrected chi connectivity index (χ2v) is 5.42. The van der Waals surface area contributed by atoms with Gasteiger partial charge in [0.15, 0.2) is 6.61 Å². The van der Waals surface area contributed by atoms with Crippen molar-refractivity contribution in [2.45, 2.75) is 6.54 Å². The van der Waals surface area contributed by atoms with E-state index in [0.717, 1.165) is 5.56 Å². The zero-order valence-corrected chi connectivity index (χ0v) is 14.9. The fourth-order valence-electron chi connectivity index (χ4n) is 2.15. The van der Waals surface area contributed by atoms with E-state index in [9.17, 15) is 19.5 Å². The number of phenolic OH excluding ortho intramolecular Hbond substituents is 1. The number of hydrogen-bond donors (Lipinski definition) is 2. The van der Waals surface area contributed by atoms with Crippen LogP contribution in [0.25, 0.3) is 0 Å². The second-order valence-electron chi connectivity index (χ2n) is 5.42. The van der Waals surface area contributed by atoms with Gasteiger partial charge < -0.3 is 24.6 Å². The smallest absolute Gasteiger partial charge is 0.342 e. The van der Waals surface area contributed by atoms with Crippen molar-refractivity contribution in [3.8, 4) is 11.5 Å². The molecule has 142 valence electrons. The molecule has 1 amide bonds. The monoisotopic (exact) mass is 373 g/mol. The third-order valence-electron chi connectivity index (χ3n) is 3.62. The van der Waals surface area contributed by atoms with Crippen molar-refractivity contribution < 1.29 is 33.7 Å². The first-order valence-electron chi connectivity index (χ1n) is 7.92. The van der Waals surface area contributed by atoms with Gasteiger partial charge in [-0.3, -0.25) is 4.79 Å². The molecule has 8 nitrogen and oxygen atoms in total. The molecule has 0 heterocycles. The molecular weight excluding hydrogens is 354 g/mol. The average molecular weight is 373 g/mol. The van der Waals surface area contributed by atoms with Crippen LogP contribution in [-0.2, 0) is 20.8 Å². The topological polar surface area (TPSA) is 111 Å². The summed E-state index contributed by atoms with van der Waals surface area (Å²) in [5.74, 6) is -1.69. The van der Waals surface area contributed by atoms with Gasteiger partial charge >= 0.3 is 11.9 Å². The average Bonchev–Trinajstić information content (AvgIpc) is 2.70. The lowest BCUT2D eigenvalue weighted by Crippen LogP contribution is -2.28. The molecule has 0 saturated carbocycles. The van der Waals surface area contributed by atoms with Crippen LogP contribution in [0.15, 0.2) is 42.5 Å². The van der Waals surface area contributed by atoms with E-state index in [0.29, 0.717) is 11.3 Å². The summed E-state index contributed by atoms with van der Waals surface area (Å²) in [5, 5.41) is 12.4. The van der Waals surface area contributed by atoms with Crippen LogP contribution >= 0.6 is 0 Å². The molecule has 0 atom stereocenters. The predicted octanol–water partition coefficient (Wildman–Crippen LogP) is 1.66. The highest BCUT2D eigenvalue weighted by Gasteiger charge is 2.15. The zero-order valence-electron chi connectivity index (χ0n) is 14.9. The number of phenols is 1. The zero-order chi connectivity index (χ0) is 19.8. The number of hydrogen-bond acceptors (Lipinski definition) is 7. The van der Waals surface area contributed by atoms with Crippen LogP contribution in [0.5, 0.6) is 11.5 Å². The molecule has 0 aliphatic carbocycles. The van der Waals surface area contributed by atoms with Crippen LogP contribution < -0.4 is 10.1 Å². The maximum absolute atomic E-state index is 11.9. The first-order chi connectivity index (χ1) is 12.9. The first kappa shape index (κ1) is 19.8. The van der Waals surface area contributed by atoms with Crippen molar-refractivity contribution in [3.05, 3.63) is 59.2 Å². The van der Waals surface area contributed by atoms with Gasteiger partial charge in [-0.25, -0.2) is 9.59 Å². The molecule has 2 aromatic rings. The van der Waals surface area contributed by atoms with Crippen molar-refractivity contribution in [2.75, 3.05) is 20.8 Å². The molecule has 0 aromatic heterocycles. The van der Waals surface area contributed by atoms with E-state index in [-0.39, 0.29) is 17.9 Å². The Kier molecular flexibility index (Phi) is 6.76. The summed E-state index contributed by atoms with van der Waals surface area (Å²) in [6.07, 6.45) is 0. The Hall–Kier alpha value is -3.55. The Morgan fingerprint density at radius 1 is 1.00 bits per heavy atom. The molecule has 0 bridgehead atoms. The summed E-state index contributed by atoms with van der Waals surface area (Å²) in [7, 11) is 2.73. The van der Waals surface area contributed by atoms with Gasteiger partial charge in [0.1, 0.15) is 17.1 Å². The van der Waals surface area contributed by atoms with Crippen molar-refractivity contribution in [1.82, 2.24) is 5.32 Å². The van der Waals surface area contributed by atoms with Crippen LogP contribution in [-0.4, -0.2) is 43.8 Å². The van der Waals surface area contributed by atoms with Gasteiger partial charge in [0.25, 0.3) is 5.91 Å². The summed E-state index contributed by atoms with van der Waals surface area (Å²) in [4.78, 5) is 35.1. The lowest BCUT2D eigenvalue weighted by Gasteiger charge is -2.09. The van der Waals surface area contributed by atoms with Gasteiger partial charge in [0.2, 0.25) is 0 Å². The normalized spacial score (nSPS) is 10.0. The summed E-state index contributed by atoms with van der Waals surface area (Å²) in [6.45, 7) is -0.295. The van der Waals surface area contributed by atoms with Gasteiger partial charge in [0.05, 0.1) is 19.8 Å². The fraction of sp³-hybridized carbons (Fsp3) is 0.211. The first-order valence-corrected chi connectivity index (χ1v) is 7.92. The molecule has 0 aliphatic rings. The molecule has 0 saturated heterocycles. The van der Waals surface area contributed by atoms with Gasteiger partial charge in [0, 0.05) is 12.6 Å². The van der Waals surface area contributed by atoms with E-state index in [1.165, 1.54) is 32.4 Å². The quantitative estimate of drug-likeness (QED) is 0.710.